The zero-order valence-corrected chi connectivity index (χ0v) is 9.22. The summed E-state index contributed by atoms with van der Waals surface area (Å²) >= 11 is 0. The maximum atomic E-state index is 11.0. The van der Waals surface area contributed by atoms with Crippen LogP contribution in [0.2, 0.25) is 0 Å². The molecule has 0 aromatic rings. The minimum absolute atomic E-state index is 0.263. The molecule has 78 valence electrons. The van der Waals surface area contributed by atoms with E-state index in [2.05, 4.69) is 25.7 Å². The summed E-state index contributed by atoms with van der Waals surface area (Å²) < 4.78 is 4.76. The molecule has 0 aromatic carbocycles. The fourth-order valence-corrected chi connectivity index (χ4v) is 1.91. The van der Waals surface area contributed by atoms with E-state index in [0.29, 0.717) is 12.5 Å². The number of ether oxygens (including phenoxy) is 1. The normalized spacial score (nSPS) is 23.8. The van der Waals surface area contributed by atoms with Gasteiger partial charge in [-0.2, -0.15) is 0 Å². The van der Waals surface area contributed by atoms with E-state index in [1.165, 1.54) is 12.8 Å². The standard InChI is InChI=1S/C12H18O2/c1-4-14-11(13)8-7-10-6-5-9-12(10,2)3/h10H,4-6,9H2,1-3H3. The van der Waals surface area contributed by atoms with E-state index >= 15 is 0 Å². The fourth-order valence-electron chi connectivity index (χ4n) is 1.91. The maximum absolute atomic E-state index is 11.0. The minimum Gasteiger partial charge on any atom is -0.456 e. The highest BCUT2D eigenvalue weighted by Gasteiger charge is 2.33. The zero-order valence-electron chi connectivity index (χ0n) is 9.22. The molecule has 1 saturated carbocycles. The molecule has 0 bridgehead atoms. The molecule has 0 radical (unpaired) electrons. The van der Waals surface area contributed by atoms with Gasteiger partial charge in [-0.3, -0.25) is 0 Å². The molecule has 2 nitrogen and oxygen atoms in total. The molecule has 1 unspecified atom stereocenters. The molecule has 1 fully saturated rings. The summed E-state index contributed by atoms with van der Waals surface area (Å²) in [5, 5.41) is 0. The quantitative estimate of drug-likeness (QED) is 0.364. The Balaban J connectivity index is 2.55. The van der Waals surface area contributed by atoms with Gasteiger partial charge in [0.1, 0.15) is 0 Å². The predicted octanol–water partition coefficient (Wildman–Crippen LogP) is 2.38. The molecular formula is C12H18O2. The van der Waals surface area contributed by atoms with Gasteiger partial charge in [0.05, 0.1) is 6.61 Å². The summed E-state index contributed by atoms with van der Waals surface area (Å²) in [5.41, 5.74) is 0.263. The minimum atomic E-state index is -0.393. The number of carbonyl (C=O) groups is 1. The van der Waals surface area contributed by atoms with Crippen molar-refractivity contribution in [1.82, 2.24) is 0 Å². The largest absolute Gasteiger partial charge is 0.456 e. The van der Waals surface area contributed by atoms with Gasteiger partial charge in [-0.1, -0.05) is 26.2 Å². The second kappa shape index (κ2) is 4.50. The van der Waals surface area contributed by atoms with E-state index in [1.807, 2.05) is 0 Å². The Morgan fingerprint density at radius 1 is 1.57 bits per heavy atom. The van der Waals surface area contributed by atoms with Gasteiger partial charge in [0.2, 0.25) is 0 Å². The molecule has 0 saturated heterocycles. The molecule has 1 atom stereocenters. The second-order valence-corrected chi connectivity index (χ2v) is 4.42. The van der Waals surface area contributed by atoms with Gasteiger partial charge in [0, 0.05) is 11.8 Å². The molecule has 0 spiro atoms. The van der Waals surface area contributed by atoms with Crippen molar-refractivity contribution in [2.75, 3.05) is 6.61 Å². The molecular weight excluding hydrogens is 176 g/mol. The van der Waals surface area contributed by atoms with E-state index in [-0.39, 0.29) is 5.41 Å². The number of esters is 1. The highest BCUT2D eigenvalue weighted by atomic mass is 16.5. The lowest BCUT2D eigenvalue weighted by Gasteiger charge is -2.21. The van der Waals surface area contributed by atoms with Gasteiger partial charge >= 0.3 is 5.97 Å². The number of carbonyl (C=O) groups excluding carboxylic acids is 1. The Morgan fingerprint density at radius 3 is 2.79 bits per heavy atom. The van der Waals surface area contributed by atoms with Gasteiger partial charge in [-0.05, 0) is 25.2 Å². The van der Waals surface area contributed by atoms with E-state index in [0.717, 1.165) is 6.42 Å². The highest BCUT2D eigenvalue weighted by Crippen LogP contribution is 2.41. The van der Waals surface area contributed by atoms with Gasteiger partial charge in [0.25, 0.3) is 0 Å². The van der Waals surface area contributed by atoms with Crippen molar-refractivity contribution in [3.05, 3.63) is 0 Å². The summed E-state index contributed by atoms with van der Waals surface area (Å²) in [6.07, 6.45) is 3.53. The van der Waals surface area contributed by atoms with Crippen molar-refractivity contribution in [3.8, 4) is 11.8 Å². The Labute approximate surface area is 86.0 Å². The van der Waals surface area contributed by atoms with Gasteiger partial charge < -0.3 is 4.74 Å². The van der Waals surface area contributed by atoms with Crippen LogP contribution < -0.4 is 0 Å². The maximum Gasteiger partial charge on any atom is 0.384 e. The van der Waals surface area contributed by atoms with Crippen LogP contribution in [0.1, 0.15) is 40.0 Å². The van der Waals surface area contributed by atoms with Crippen molar-refractivity contribution >= 4 is 5.97 Å². The molecule has 0 N–H and O–H groups in total. The topological polar surface area (TPSA) is 26.3 Å². The summed E-state index contributed by atoms with van der Waals surface area (Å²) in [6.45, 7) is 6.62. The van der Waals surface area contributed by atoms with E-state index in [1.54, 1.807) is 6.92 Å². The third kappa shape index (κ3) is 2.77. The van der Waals surface area contributed by atoms with Crippen LogP contribution in [0, 0.1) is 23.2 Å². The predicted molar refractivity (Wildman–Crippen MR) is 55.5 cm³/mol. The Morgan fingerprint density at radius 2 is 2.29 bits per heavy atom. The summed E-state index contributed by atoms with van der Waals surface area (Å²) in [6, 6.07) is 0. The first-order valence-electron chi connectivity index (χ1n) is 5.24. The number of rotatable bonds is 1. The second-order valence-electron chi connectivity index (χ2n) is 4.42. The van der Waals surface area contributed by atoms with E-state index in [4.69, 9.17) is 4.74 Å². The van der Waals surface area contributed by atoms with Crippen LogP contribution in [0.15, 0.2) is 0 Å². The van der Waals surface area contributed by atoms with Crippen molar-refractivity contribution in [2.45, 2.75) is 40.0 Å². The molecule has 0 amide bonds. The highest BCUT2D eigenvalue weighted by molar-refractivity contribution is 5.88. The lowest BCUT2D eigenvalue weighted by Crippen LogP contribution is -2.15. The first-order valence-corrected chi connectivity index (χ1v) is 5.24. The smallest absolute Gasteiger partial charge is 0.384 e. The van der Waals surface area contributed by atoms with Crippen molar-refractivity contribution in [2.24, 2.45) is 11.3 Å². The molecule has 14 heavy (non-hydrogen) atoms. The van der Waals surface area contributed by atoms with Crippen LogP contribution in [-0.4, -0.2) is 12.6 Å². The van der Waals surface area contributed by atoms with Gasteiger partial charge in [-0.15, -0.1) is 0 Å². The number of hydrogen-bond donors (Lipinski definition) is 0. The summed E-state index contributed by atoms with van der Waals surface area (Å²) in [4.78, 5) is 11.0. The Hall–Kier alpha value is -0.970. The average molecular weight is 194 g/mol. The molecule has 1 aliphatic rings. The van der Waals surface area contributed by atoms with Crippen molar-refractivity contribution in [3.63, 3.8) is 0 Å². The SMILES string of the molecule is CCOC(=O)C#CC1CCCC1(C)C. The molecule has 0 aliphatic heterocycles. The average Bonchev–Trinajstić information content (AvgIpc) is 2.42. The first kappa shape index (κ1) is 11.1. The van der Waals surface area contributed by atoms with Crippen molar-refractivity contribution in [1.29, 1.82) is 0 Å². The molecule has 0 heterocycles. The lowest BCUT2D eigenvalue weighted by atomic mass is 9.82. The first-order chi connectivity index (χ1) is 6.56. The number of hydrogen-bond acceptors (Lipinski definition) is 2. The van der Waals surface area contributed by atoms with Gasteiger partial charge in [-0.25, -0.2) is 4.79 Å². The van der Waals surface area contributed by atoms with Crippen LogP contribution in [0.5, 0.6) is 0 Å². The molecule has 0 aromatic heterocycles. The fraction of sp³-hybridized carbons (Fsp3) is 0.750. The van der Waals surface area contributed by atoms with Crippen LogP contribution >= 0.6 is 0 Å². The van der Waals surface area contributed by atoms with E-state index in [9.17, 15) is 4.79 Å². The third-order valence-corrected chi connectivity index (χ3v) is 2.88. The molecule has 2 heteroatoms. The molecule has 1 aliphatic carbocycles. The van der Waals surface area contributed by atoms with Crippen LogP contribution in [0.25, 0.3) is 0 Å². The van der Waals surface area contributed by atoms with Crippen LogP contribution in [-0.2, 0) is 9.53 Å². The van der Waals surface area contributed by atoms with E-state index < -0.39 is 5.97 Å². The Bertz CT molecular complexity index is 268. The monoisotopic (exact) mass is 194 g/mol. The summed E-state index contributed by atoms with van der Waals surface area (Å²) in [5.74, 6) is 5.56. The van der Waals surface area contributed by atoms with Gasteiger partial charge in [0.15, 0.2) is 0 Å². The van der Waals surface area contributed by atoms with Crippen molar-refractivity contribution < 1.29 is 9.53 Å². The van der Waals surface area contributed by atoms with Crippen LogP contribution in [0.4, 0.5) is 0 Å². The zero-order chi connectivity index (χ0) is 10.6. The Kier molecular flexibility index (Phi) is 3.57. The van der Waals surface area contributed by atoms with Crippen LogP contribution in [0.3, 0.4) is 0 Å². The third-order valence-electron chi connectivity index (χ3n) is 2.88. The lowest BCUT2D eigenvalue weighted by molar-refractivity contribution is -0.136. The summed E-state index contributed by atoms with van der Waals surface area (Å²) in [7, 11) is 0. The molecule has 1 rings (SSSR count).